The third kappa shape index (κ3) is 4.92. The van der Waals surface area contributed by atoms with Crippen LogP contribution < -0.4 is 15.8 Å². The number of carboxylic acids is 1. The number of benzene rings is 2. The van der Waals surface area contributed by atoms with Crippen LogP contribution in [0.5, 0.6) is 5.75 Å². The zero-order chi connectivity index (χ0) is 19.3. The fraction of sp³-hybridized carbons (Fsp3) is 0.263. The van der Waals surface area contributed by atoms with Gasteiger partial charge in [0.15, 0.2) is 6.04 Å². The largest absolute Gasteiger partial charge is 0.490 e. The number of nitrogens with two attached hydrogens (primary N) is 1. The van der Waals surface area contributed by atoms with Gasteiger partial charge in [0.25, 0.3) is 0 Å². The number of carboxylic acid groups (broad SMARTS) is 1. The Morgan fingerprint density at radius 1 is 1.23 bits per heavy atom. The number of thioether (sulfide) groups is 1. The van der Waals surface area contributed by atoms with Crippen LogP contribution in [0.25, 0.3) is 0 Å². The van der Waals surface area contributed by atoms with Crippen molar-refractivity contribution in [3.05, 3.63) is 53.6 Å². The number of hydrogen-bond acceptors (Lipinski definition) is 5. The summed E-state index contributed by atoms with van der Waals surface area (Å²) < 4.78 is 5.76. The van der Waals surface area contributed by atoms with Crippen molar-refractivity contribution < 1.29 is 14.6 Å². The first-order valence-electron chi connectivity index (χ1n) is 8.10. The predicted molar refractivity (Wildman–Crippen MR) is 105 cm³/mol. The van der Waals surface area contributed by atoms with Crippen LogP contribution in [0, 0.1) is 5.41 Å². The fourth-order valence-electron chi connectivity index (χ4n) is 2.42. The van der Waals surface area contributed by atoms with E-state index in [9.17, 15) is 9.90 Å². The van der Waals surface area contributed by atoms with Crippen LogP contribution in [-0.2, 0) is 4.79 Å². The van der Waals surface area contributed by atoms with Gasteiger partial charge in [-0.2, -0.15) is 0 Å². The zero-order valence-corrected chi connectivity index (χ0v) is 15.8. The molecule has 0 aliphatic heterocycles. The zero-order valence-electron chi connectivity index (χ0n) is 14.9. The number of anilines is 1. The standard InChI is InChI=1S/C19H23N3O3S/c1-11(2)25-15-9-6-13(10-16(15)26-3)17(19(23)24)22-14-7-4-12(5-8-14)18(20)21/h4-11,17,22H,1-3H3,(H3,20,21)(H,23,24). The van der Waals surface area contributed by atoms with E-state index in [2.05, 4.69) is 5.32 Å². The minimum absolute atomic E-state index is 0.0308. The lowest BCUT2D eigenvalue weighted by Crippen LogP contribution is -2.21. The number of aliphatic carboxylic acids is 1. The van der Waals surface area contributed by atoms with E-state index < -0.39 is 12.0 Å². The summed E-state index contributed by atoms with van der Waals surface area (Å²) in [5.74, 6) is -0.270. The SMILES string of the molecule is CSc1cc(C(Nc2ccc(C(=N)N)cc2)C(=O)O)ccc1OC(C)C. The molecule has 0 spiro atoms. The van der Waals surface area contributed by atoms with Crippen molar-refractivity contribution in [1.29, 1.82) is 5.41 Å². The summed E-state index contributed by atoms with van der Waals surface area (Å²) in [6, 6.07) is 11.3. The lowest BCUT2D eigenvalue weighted by atomic mass is 10.1. The van der Waals surface area contributed by atoms with Gasteiger partial charge >= 0.3 is 5.97 Å². The summed E-state index contributed by atoms with van der Waals surface area (Å²) in [6.45, 7) is 3.90. The lowest BCUT2D eigenvalue weighted by molar-refractivity contribution is -0.138. The quantitative estimate of drug-likeness (QED) is 0.319. The molecule has 1 unspecified atom stereocenters. The molecule has 0 saturated carbocycles. The molecule has 0 amide bonds. The minimum atomic E-state index is -0.981. The Balaban J connectivity index is 2.29. The van der Waals surface area contributed by atoms with E-state index in [1.165, 1.54) is 11.8 Å². The number of nitrogen functional groups attached to an aromatic ring is 1. The fourth-order valence-corrected chi connectivity index (χ4v) is 2.99. The molecule has 26 heavy (non-hydrogen) atoms. The molecule has 0 aromatic heterocycles. The average molecular weight is 373 g/mol. The summed E-state index contributed by atoms with van der Waals surface area (Å²) in [5.41, 5.74) is 7.29. The maximum Gasteiger partial charge on any atom is 0.330 e. The highest BCUT2D eigenvalue weighted by molar-refractivity contribution is 7.98. The first-order chi connectivity index (χ1) is 12.3. The summed E-state index contributed by atoms with van der Waals surface area (Å²) in [6.07, 6.45) is 1.97. The molecule has 2 aromatic rings. The topological polar surface area (TPSA) is 108 Å². The second kappa shape index (κ2) is 8.62. The first kappa shape index (κ1) is 19.7. The van der Waals surface area contributed by atoms with Crippen LogP contribution in [0.3, 0.4) is 0 Å². The third-order valence-electron chi connectivity index (χ3n) is 3.64. The number of rotatable bonds is 8. The number of nitrogens with one attached hydrogen (secondary N) is 2. The van der Waals surface area contributed by atoms with Crippen molar-refractivity contribution in [2.75, 3.05) is 11.6 Å². The Hall–Kier alpha value is -2.67. The summed E-state index contributed by atoms with van der Waals surface area (Å²) in [5, 5.41) is 20.1. The van der Waals surface area contributed by atoms with Crippen LogP contribution in [0.1, 0.15) is 31.0 Å². The molecule has 7 heteroatoms. The lowest BCUT2D eigenvalue weighted by Gasteiger charge is -2.19. The molecule has 2 rings (SSSR count). The molecule has 5 N–H and O–H groups in total. The molecule has 0 aliphatic carbocycles. The number of hydrogen-bond donors (Lipinski definition) is 4. The maximum absolute atomic E-state index is 11.8. The van der Waals surface area contributed by atoms with E-state index >= 15 is 0 Å². The highest BCUT2D eigenvalue weighted by Crippen LogP contribution is 2.32. The molecule has 0 heterocycles. The molecule has 138 valence electrons. The normalized spacial score (nSPS) is 11.8. The van der Waals surface area contributed by atoms with Gasteiger partial charge in [0.05, 0.1) is 6.10 Å². The van der Waals surface area contributed by atoms with E-state index in [4.69, 9.17) is 15.9 Å². The third-order valence-corrected chi connectivity index (χ3v) is 4.40. The molecule has 0 bridgehead atoms. The van der Waals surface area contributed by atoms with E-state index in [-0.39, 0.29) is 11.9 Å². The van der Waals surface area contributed by atoms with Crippen molar-refractivity contribution in [2.24, 2.45) is 5.73 Å². The number of carbonyl (C=O) groups is 1. The van der Waals surface area contributed by atoms with Gasteiger partial charge in [-0.1, -0.05) is 6.07 Å². The molecular weight excluding hydrogens is 350 g/mol. The van der Waals surface area contributed by atoms with Gasteiger partial charge in [-0.05, 0) is 62.1 Å². The number of ether oxygens (including phenoxy) is 1. The van der Waals surface area contributed by atoms with Gasteiger partial charge in [0.2, 0.25) is 0 Å². The Kier molecular flexibility index (Phi) is 6.52. The molecule has 0 aliphatic rings. The van der Waals surface area contributed by atoms with Crippen LogP contribution in [-0.4, -0.2) is 29.3 Å². The van der Waals surface area contributed by atoms with Gasteiger partial charge in [-0.25, -0.2) is 4.79 Å². The van der Waals surface area contributed by atoms with Crippen molar-refractivity contribution in [1.82, 2.24) is 0 Å². The van der Waals surface area contributed by atoms with E-state index in [0.29, 0.717) is 16.8 Å². The summed E-state index contributed by atoms with van der Waals surface area (Å²) >= 11 is 1.51. The molecule has 0 fully saturated rings. The van der Waals surface area contributed by atoms with E-state index in [1.807, 2.05) is 26.2 Å². The second-order valence-electron chi connectivity index (χ2n) is 5.98. The summed E-state index contributed by atoms with van der Waals surface area (Å²) in [7, 11) is 0. The van der Waals surface area contributed by atoms with E-state index in [1.54, 1.807) is 36.4 Å². The predicted octanol–water partition coefficient (Wildman–Crippen LogP) is 3.72. The second-order valence-corrected chi connectivity index (χ2v) is 6.83. The molecule has 1 atom stereocenters. The van der Waals surface area contributed by atoms with Gasteiger partial charge < -0.3 is 20.9 Å². The Bertz CT molecular complexity index is 791. The summed E-state index contributed by atoms with van der Waals surface area (Å²) in [4.78, 5) is 12.7. The van der Waals surface area contributed by atoms with Crippen LogP contribution in [0.4, 0.5) is 5.69 Å². The molecule has 6 nitrogen and oxygen atoms in total. The van der Waals surface area contributed by atoms with Gasteiger partial charge in [0.1, 0.15) is 11.6 Å². The van der Waals surface area contributed by atoms with Crippen molar-refractivity contribution in [3.63, 3.8) is 0 Å². The van der Waals surface area contributed by atoms with Crippen LogP contribution in [0.2, 0.25) is 0 Å². The molecule has 2 aromatic carbocycles. The highest BCUT2D eigenvalue weighted by Gasteiger charge is 2.21. The molecular formula is C19H23N3O3S. The smallest absolute Gasteiger partial charge is 0.330 e. The van der Waals surface area contributed by atoms with Crippen molar-refractivity contribution in [3.8, 4) is 5.75 Å². The van der Waals surface area contributed by atoms with Gasteiger partial charge in [-0.15, -0.1) is 11.8 Å². The minimum Gasteiger partial charge on any atom is -0.490 e. The number of amidine groups is 1. The highest BCUT2D eigenvalue weighted by atomic mass is 32.2. The Labute approximate surface area is 157 Å². The van der Waals surface area contributed by atoms with Crippen molar-refractivity contribution in [2.45, 2.75) is 30.9 Å². The Morgan fingerprint density at radius 3 is 2.38 bits per heavy atom. The molecule has 0 saturated heterocycles. The first-order valence-corrected chi connectivity index (χ1v) is 9.32. The Morgan fingerprint density at radius 2 is 1.88 bits per heavy atom. The van der Waals surface area contributed by atoms with Gasteiger partial charge in [-0.3, -0.25) is 5.41 Å². The van der Waals surface area contributed by atoms with Gasteiger partial charge in [0, 0.05) is 16.1 Å². The van der Waals surface area contributed by atoms with E-state index in [0.717, 1.165) is 10.6 Å². The monoisotopic (exact) mass is 373 g/mol. The van der Waals surface area contributed by atoms with Crippen molar-refractivity contribution >= 4 is 29.3 Å². The van der Waals surface area contributed by atoms with Crippen LogP contribution >= 0.6 is 11.8 Å². The van der Waals surface area contributed by atoms with Crippen LogP contribution in [0.15, 0.2) is 47.4 Å². The average Bonchev–Trinajstić information content (AvgIpc) is 2.59. The molecule has 0 radical (unpaired) electrons. The maximum atomic E-state index is 11.8.